The summed E-state index contributed by atoms with van der Waals surface area (Å²) in [5, 5.41) is 16.7. The van der Waals surface area contributed by atoms with Crippen molar-refractivity contribution in [3.8, 4) is 0 Å². The van der Waals surface area contributed by atoms with Crippen molar-refractivity contribution in [3.63, 3.8) is 0 Å². The van der Waals surface area contributed by atoms with E-state index in [1.54, 1.807) is 0 Å². The van der Waals surface area contributed by atoms with Gasteiger partial charge < -0.3 is 15.0 Å². The average Bonchev–Trinajstić information content (AvgIpc) is 2.93. The summed E-state index contributed by atoms with van der Waals surface area (Å²) in [4.78, 5) is 0.782. The Morgan fingerprint density at radius 3 is 3.00 bits per heavy atom. The molecule has 0 saturated heterocycles. The molecule has 138 valence electrons. The highest BCUT2D eigenvalue weighted by atomic mass is 79.9. The number of alkyl halides is 2. The van der Waals surface area contributed by atoms with Gasteiger partial charge in [-0.25, -0.2) is 0 Å². The summed E-state index contributed by atoms with van der Waals surface area (Å²) in [6.07, 6.45) is 19.1. The Kier molecular flexibility index (Phi) is 5.58. The molecule has 0 bridgehead atoms. The number of hydrogen-bond donors (Lipinski definition) is 2. The van der Waals surface area contributed by atoms with Crippen LogP contribution in [-0.2, 0) is 13.0 Å². The van der Waals surface area contributed by atoms with Gasteiger partial charge in [-0.3, -0.25) is 0 Å². The lowest BCUT2D eigenvalue weighted by atomic mass is 10.0. The van der Waals surface area contributed by atoms with Crippen molar-refractivity contribution >= 4 is 50.1 Å². The third kappa shape index (κ3) is 3.80. The lowest BCUT2D eigenvalue weighted by molar-refractivity contribution is 0.153. The molecule has 3 nitrogen and oxygen atoms in total. The van der Waals surface area contributed by atoms with Crippen molar-refractivity contribution in [1.29, 1.82) is 0 Å². The fourth-order valence-electron chi connectivity index (χ4n) is 3.94. The highest BCUT2D eigenvalue weighted by Gasteiger charge is 2.22. The second-order valence-corrected chi connectivity index (χ2v) is 9.52. The van der Waals surface area contributed by atoms with E-state index in [9.17, 15) is 5.11 Å². The number of nitrogens with one attached hydrogen (secondary N) is 1. The Morgan fingerprint density at radius 1 is 1.31 bits per heavy atom. The van der Waals surface area contributed by atoms with Gasteiger partial charge in [-0.15, -0.1) is 0 Å². The Bertz CT molecular complexity index is 894. The van der Waals surface area contributed by atoms with Gasteiger partial charge in [0.2, 0.25) is 0 Å². The van der Waals surface area contributed by atoms with E-state index in [1.165, 1.54) is 27.5 Å². The summed E-state index contributed by atoms with van der Waals surface area (Å²) in [5.74, 6) is 0. The molecule has 0 fully saturated rings. The fraction of sp³-hybridized carbons (Fsp3) is 0.429. The molecule has 0 amide bonds. The normalized spacial score (nSPS) is 24.8. The summed E-state index contributed by atoms with van der Waals surface area (Å²) in [5.41, 5.74) is 3.86. The van der Waals surface area contributed by atoms with Crippen molar-refractivity contribution in [1.82, 2.24) is 9.88 Å². The van der Waals surface area contributed by atoms with E-state index in [4.69, 9.17) is 0 Å². The van der Waals surface area contributed by atoms with Crippen LogP contribution in [0.1, 0.15) is 30.5 Å². The van der Waals surface area contributed by atoms with Crippen LogP contribution < -0.4 is 15.9 Å². The molecule has 0 aromatic carbocycles. The Labute approximate surface area is 171 Å². The zero-order valence-electron chi connectivity index (χ0n) is 14.7. The van der Waals surface area contributed by atoms with Crippen molar-refractivity contribution in [2.45, 2.75) is 48.0 Å². The molecule has 3 aliphatic carbocycles. The average molecular weight is 480 g/mol. The van der Waals surface area contributed by atoms with Crippen LogP contribution in [0.2, 0.25) is 0 Å². The molecule has 1 heterocycles. The molecule has 5 heteroatoms. The highest BCUT2D eigenvalue weighted by molar-refractivity contribution is 9.10. The molecule has 1 aromatic heterocycles. The summed E-state index contributed by atoms with van der Waals surface area (Å²) in [7, 11) is 0. The van der Waals surface area contributed by atoms with E-state index >= 15 is 0 Å². The number of halogens is 2. The van der Waals surface area contributed by atoms with E-state index in [1.807, 2.05) is 0 Å². The number of aliphatic hydroxyl groups is 1. The number of hydrogen-bond acceptors (Lipinski definition) is 2. The van der Waals surface area contributed by atoms with Crippen LogP contribution in [0.4, 0.5) is 0 Å². The Balaban J connectivity index is 1.58. The van der Waals surface area contributed by atoms with E-state index in [0.29, 0.717) is 22.7 Å². The first-order valence-electron chi connectivity index (χ1n) is 9.29. The molecule has 0 saturated carbocycles. The van der Waals surface area contributed by atoms with Crippen LogP contribution >= 0.6 is 31.9 Å². The molecular weight excluding hydrogens is 456 g/mol. The van der Waals surface area contributed by atoms with Crippen molar-refractivity contribution in [2.75, 3.05) is 6.54 Å². The van der Waals surface area contributed by atoms with Crippen LogP contribution in [0.15, 0.2) is 30.0 Å². The standard InChI is InChI=1S/C21H24Br2N2O/c22-14-6-8-20-18(10-14)19-11-15(23)7-9-21(19)25(20)13-17(26)12-24-16-4-2-1-3-5-16/h1-2,4,6,8-9,11,14-15,17,24,26H,3,5,7,10,12-13H2. The number of nitrogens with zero attached hydrogens (tertiary/aromatic N) is 1. The number of fused-ring (bicyclic) bond motifs is 3. The molecule has 26 heavy (non-hydrogen) atoms. The van der Waals surface area contributed by atoms with E-state index in [0.717, 1.165) is 25.7 Å². The number of rotatable bonds is 5. The van der Waals surface area contributed by atoms with Gasteiger partial charge in [-0.05, 0) is 43.4 Å². The molecule has 2 N–H and O–H groups in total. The first-order chi connectivity index (χ1) is 12.6. The van der Waals surface area contributed by atoms with E-state index in [-0.39, 0.29) is 0 Å². The molecule has 0 spiro atoms. The van der Waals surface area contributed by atoms with E-state index in [2.05, 4.69) is 84.3 Å². The monoisotopic (exact) mass is 478 g/mol. The molecular formula is C21H24Br2N2O. The SMILES string of the molecule is OC(CNC1=CC=CCC1)Cn1c2c(c3c1=CCC(Br)C=3)CC(Br)C=C2. The third-order valence-corrected chi connectivity index (χ3v) is 6.48. The number of aliphatic hydroxyl groups excluding tert-OH is 1. The lowest BCUT2D eigenvalue weighted by Crippen LogP contribution is -2.38. The van der Waals surface area contributed by atoms with Gasteiger partial charge in [-0.1, -0.05) is 62.2 Å². The molecule has 4 rings (SSSR count). The third-order valence-electron chi connectivity index (χ3n) is 5.21. The topological polar surface area (TPSA) is 37.2 Å². The summed E-state index contributed by atoms with van der Waals surface area (Å²) >= 11 is 7.46. The van der Waals surface area contributed by atoms with Crippen molar-refractivity contribution in [3.05, 3.63) is 51.8 Å². The summed E-state index contributed by atoms with van der Waals surface area (Å²) in [6.45, 7) is 1.19. The van der Waals surface area contributed by atoms with E-state index < -0.39 is 6.10 Å². The Morgan fingerprint density at radius 2 is 2.19 bits per heavy atom. The fourth-order valence-corrected chi connectivity index (χ4v) is 4.87. The predicted octanol–water partition coefficient (Wildman–Crippen LogP) is 2.73. The summed E-state index contributed by atoms with van der Waals surface area (Å²) < 4.78 is 2.30. The van der Waals surface area contributed by atoms with Gasteiger partial charge in [0.05, 0.1) is 12.6 Å². The Hall–Kier alpha value is -1.04. The zero-order chi connectivity index (χ0) is 18.1. The predicted molar refractivity (Wildman–Crippen MR) is 116 cm³/mol. The quantitative estimate of drug-likeness (QED) is 0.637. The molecule has 1 aromatic rings. The number of allylic oxidation sites excluding steroid dienone is 5. The van der Waals surface area contributed by atoms with Gasteiger partial charge in [0, 0.05) is 38.2 Å². The molecule has 0 radical (unpaired) electrons. The van der Waals surface area contributed by atoms with Crippen molar-refractivity contribution < 1.29 is 5.11 Å². The zero-order valence-corrected chi connectivity index (χ0v) is 17.8. The molecule has 3 unspecified atom stereocenters. The second-order valence-electron chi connectivity index (χ2n) is 7.17. The molecule has 3 aliphatic rings. The van der Waals surface area contributed by atoms with Gasteiger partial charge in [0.15, 0.2) is 0 Å². The van der Waals surface area contributed by atoms with Gasteiger partial charge in [-0.2, -0.15) is 0 Å². The molecule has 3 atom stereocenters. The first-order valence-corrected chi connectivity index (χ1v) is 11.1. The van der Waals surface area contributed by atoms with Crippen LogP contribution in [0.5, 0.6) is 0 Å². The van der Waals surface area contributed by atoms with Gasteiger partial charge >= 0.3 is 0 Å². The minimum atomic E-state index is -0.424. The minimum absolute atomic E-state index is 0.386. The van der Waals surface area contributed by atoms with Gasteiger partial charge in [0.1, 0.15) is 0 Å². The smallest absolute Gasteiger partial charge is 0.0891 e. The van der Waals surface area contributed by atoms with Gasteiger partial charge in [0.25, 0.3) is 0 Å². The maximum Gasteiger partial charge on any atom is 0.0891 e. The summed E-state index contributed by atoms with van der Waals surface area (Å²) in [6, 6.07) is 0. The second kappa shape index (κ2) is 7.91. The number of aromatic nitrogens is 1. The highest BCUT2D eigenvalue weighted by Crippen LogP contribution is 2.22. The first kappa shape index (κ1) is 18.3. The van der Waals surface area contributed by atoms with Crippen LogP contribution in [0.25, 0.3) is 18.2 Å². The molecule has 0 aliphatic heterocycles. The maximum atomic E-state index is 10.7. The van der Waals surface area contributed by atoms with Crippen LogP contribution in [0.3, 0.4) is 0 Å². The largest absolute Gasteiger partial charge is 0.389 e. The van der Waals surface area contributed by atoms with Crippen LogP contribution in [0, 0.1) is 0 Å². The minimum Gasteiger partial charge on any atom is -0.389 e. The lowest BCUT2D eigenvalue weighted by Gasteiger charge is -2.19. The maximum absolute atomic E-state index is 10.7. The van der Waals surface area contributed by atoms with Crippen molar-refractivity contribution in [2.24, 2.45) is 0 Å². The van der Waals surface area contributed by atoms with Crippen LogP contribution in [-0.4, -0.2) is 32.0 Å².